The average Bonchev–Trinajstić information content (AvgIpc) is 2.45. The number of rotatable bonds is 3. The van der Waals surface area contributed by atoms with Crippen molar-refractivity contribution in [2.75, 3.05) is 39.8 Å². The molecule has 2 aliphatic rings. The average molecular weight is 197 g/mol. The van der Waals surface area contributed by atoms with Crippen molar-refractivity contribution in [1.82, 2.24) is 15.5 Å². The van der Waals surface area contributed by atoms with Crippen LogP contribution < -0.4 is 10.6 Å². The maximum atomic E-state index is 11.5. The lowest BCUT2D eigenvalue weighted by molar-refractivity contribution is -0.126. The summed E-state index contributed by atoms with van der Waals surface area (Å²) in [5.41, 5.74) is 0. The molecule has 0 saturated carbocycles. The molecular weight excluding hydrogens is 178 g/mol. The van der Waals surface area contributed by atoms with Crippen LogP contribution in [0.15, 0.2) is 0 Å². The van der Waals surface area contributed by atoms with Gasteiger partial charge in [-0.3, -0.25) is 4.79 Å². The molecule has 2 N–H and O–H groups in total. The number of nitrogens with one attached hydrogen (secondary N) is 2. The van der Waals surface area contributed by atoms with Gasteiger partial charge in [0.2, 0.25) is 5.91 Å². The lowest BCUT2D eigenvalue weighted by Crippen LogP contribution is -2.51. The van der Waals surface area contributed by atoms with Crippen molar-refractivity contribution < 1.29 is 4.79 Å². The van der Waals surface area contributed by atoms with E-state index in [0.717, 1.165) is 26.2 Å². The number of hydrogen-bond donors (Lipinski definition) is 2. The molecule has 2 saturated heterocycles. The molecule has 2 rings (SSSR count). The van der Waals surface area contributed by atoms with Gasteiger partial charge in [0.15, 0.2) is 0 Å². The fourth-order valence-electron chi connectivity index (χ4n) is 2.06. The number of carbonyl (C=O) groups excluding carboxylic acids is 1. The second-order valence-corrected chi connectivity index (χ2v) is 4.52. The molecular formula is C10H19N3O. The minimum Gasteiger partial charge on any atom is -0.355 e. The summed E-state index contributed by atoms with van der Waals surface area (Å²) < 4.78 is 0. The molecule has 0 radical (unpaired) electrons. The Balaban J connectivity index is 1.64. The smallest absolute Gasteiger partial charge is 0.225 e. The lowest BCUT2D eigenvalue weighted by Gasteiger charge is -2.26. The maximum absolute atomic E-state index is 11.5. The van der Waals surface area contributed by atoms with Crippen LogP contribution in [0.1, 0.15) is 6.42 Å². The van der Waals surface area contributed by atoms with Crippen molar-refractivity contribution >= 4 is 5.91 Å². The van der Waals surface area contributed by atoms with Crippen molar-refractivity contribution in [3.05, 3.63) is 0 Å². The van der Waals surface area contributed by atoms with Gasteiger partial charge in [-0.15, -0.1) is 0 Å². The summed E-state index contributed by atoms with van der Waals surface area (Å²) in [5, 5.41) is 6.15. The molecule has 14 heavy (non-hydrogen) atoms. The summed E-state index contributed by atoms with van der Waals surface area (Å²) >= 11 is 0. The van der Waals surface area contributed by atoms with E-state index in [0.29, 0.717) is 5.92 Å². The molecule has 4 heteroatoms. The van der Waals surface area contributed by atoms with Crippen molar-refractivity contribution in [2.45, 2.75) is 6.42 Å². The summed E-state index contributed by atoms with van der Waals surface area (Å²) in [6.07, 6.45) is 1.22. The number of likely N-dealkylation sites (tertiary alicyclic amines) is 1. The van der Waals surface area contributed by atoms with E-state index in [2.05, 4.69) is 22.6 Å². The van der Waals surface area contributed by atoms with Crippen LogP contribution in [0.4, 0.5) is 0 Å². The Kier molecular flexibility index (Phi) is 3.03. The number of nitrogens with zero attached hydrogens (tertiary/aromatic N) is 1. The highest BCUT2D eigenvalue weighted by molar-refractivity contribution is 5.79. The number of carbonyl (C=O) groups is 1. The standard InChI is InChI=1S/C10H19N3O/c1-13-3-2-8(7-13)4-12-10(14)9-5-11-6-9/h8-9,11H,2-7H2,1H3,(H,12,14)/t8-/m0/s1. The molecule has 0 aromatic rings. The monoisotopic (exact) mass is 197 g/mol. The zero-order valence-electron chi connectivity index (χ0n) is 8.75. The Labute approximate surface area is 85.0 Å². The van der Waals surface area contributed by atoms with E-state index in [1.54, 1.807) is 0 Å². The molecule has 1 atom stereocenters. The van der Waals surface area contributed by atoms with Crippen LogP contribution in [0.3, 0.4) is 0 Å². The fourth-order valence-corrected chi connectivity index (χ4v) is 2.06. The second-order valence-electron chi connectivity index (χ2n) is 4.52. The molecule has 0 aromatic heterocycles. The number of hydrogen-bond acceptors (Lipinski definition) is 3. The van der Waals surface area contributed by atoms with E-state index >= 15 is 0 Å². The van der Waals surface area contributed by atoms with Gasteiger partial charge in [0.1, 0.15) is 0 Å². The molecule has 2 fully saturated rings. The van der Waals surface area contributed by atoms with E-state index in [1.807, 2.05) is 0 Å². The van der Waals surface area contributed by atoms with E-state index in [1.165, 1.54) is 13.0 Å². The normalized spacial score (nSPS) is 28.8. The highest BCUT2D eigenvalue weighted by Crippen LogP contribution is 2.13. The van der Waals surface area contributed by atoms with Gasteiger partial charge in [0, 0.05) is 26.2 Å². The molecule has 80 valence electrons. The van der Waals surface area contributed by atoms with Crippen molar-refractivity contribution in [1.29, 1.82) is 0 Å². The predicted molar refractivity (Wildman–Crippen MR) is 55.0 cm³/mol. The Morgan fingerprint density at radius 1 is 1.57 bits per heavy atom. The first-order valence-electron chi connectivity index (χ1n) is 5.42. The van der Waals surface area contributed by atoms with Gasteiger partial charge < -0.3 is 15.5 Å². The summed E-state index contributed by atoms with van der Waals surface area (Å²) in [6.45, 7) is 4.88. The second kappa shape index (κ2) is 4.28. The zero-order valence-corrected chi connectivity index (χ0v) is 8.75. The molecule has 2 heterocycles. The maximum Gasteiger partial charge on any atom is 0.225 e. The predicted octanol–water partition coefficient (Wildman–Crippen LogP) is -0.726. The van der Waals surface area contributed by atoms with Crippen LogP contribution in [0.5, 0.6) is 0 Å². The minimum atomic E-state index is 0.231. The summed E-state index contributed by atoms with van der Waals surface area (Å²) in [5.74, 6) is 1.13. The molecule has 0 spiro atoms. The van der Waals surface area contributed by atoms with E-state index in [9.17, 15) is 4.79 Å². The van der Waals surface area contributed by atoms with Crippen molar-refractivity contribution in [3.63, 3.8) is 0 Å². The van der Waals surface area contributed by atoms with Crippen molar-refractivity contribution in [2.24, 2.45) is 11.8 Å². The molecule has 4 nitrogen and oxygen atoms in total. The minimum absolute atomic E-state index is 0.231. The van der Waals surface area contributed by atoms with Gasteiger partial charge in [-0.25, -0.2) is 0 Å². The van der Waals surface area contributed by atoms with Gasteiger partial charge in [-0.2, -0.15) is 0 Å². The van der Waals surface area contributed by atoms with Gasteiger partial charge >= 0.3 is 0 Å². The fraction of sp³-hybridized carbons (Fsp3) is 0.900. The quantitative estimate of drug-likeness (QED) is 0.627. The van der Waals surface area contributed by atoms with Crippen LogP contribution in [-0.4, -0.2) is 50.6 Å². The van der Waals surface area contributed by atoms with E-state index in [-0.39, 0.29) is 11.8 Å². The van der Waals surface area contributed by atoms with Gasteiger partial charge in [0.05, 0.1) is 5.92 Å². The van der Waals surface area contributed by atoms with Crippen LogP contribution in [0.25, 0.3) is 0 Å². The van der Waals surface area contributed by atoms with Crippen molar-refractivity contribution in [3.8, 4) is 0 Å². The van der Waals surface area contributed by atoms with Gasteiger partial charge in [-0.1, -0.05) is 0 Å². The summed E-state index contributed by atoms with van der Waals surface area (Å²) in [4.78, 5) is 13.8. The Bertz CT molecular complexity index is 215. The zero-order chi connectivity index (χ0) is 9.97. The first-order valence-corrected chi connectivity index (χ1v) is 5.42. The summed E-state index contributed by atoms with van der Waals surface area (Å²) in [6, 6.07) is 0. The van der Waals surface area contributed by atoms with Gasteiger partial charge in [-0.05, 0) is 25.9 Å². The highest BCUT2D eigenvalue weighted by atomic mass is 16.2. The van der Waals surface area contributed by atoms with Crippen LogP contribution in [0.2, 0.25) is 0 Å². The lowest BCUT2D eigenvalue weighted by atomic mass is 10.0. The highest BCUT2D eigenvalue weighted by Gasteiger charge is 2.26. The van der Waals surface area contributed by atoms with Gasteiger partial charge in [0.25, 0.3) is 0 Å². The SMILES string of the molecule is CN1CC[C@@H](CNC(=O)C2CNC2)C1. The molecule has 0 bridgehead atoms. The van der Waals surface area contributed by atoms with E-state index < -0.39 is 0 Å². The van der Waals surface area contributed by atoms with Crippen LogP contribution >= 0.6 is 0 Å². The van der Waals surface area contributed by atoms with Crippen LogP contribution in [0, 0.1) is 11.8 Å². The first kappa shape index (κ1) is 9.93. The third-order valence-corrected chi connectivity index (χ3v) is 3.21. The third-order valence-electron chi connectivity index (χ3n) is 3.21. The molecule has 2 aliphatic heterocycles. The third kappa shape index (κ3) is 2.25. The Hall–Kier alpha value is -0.610. The Morgan fingerprint density at radius 3 is 2.86 bits per heavy atom. The molecule has 0 aromatic carbocycles. The first-order chi connectivity index (χ1) is 6.75. The van der Waals surface area contributed by atoms with E-state index in [4.69, 9.17) is 0 Å². The summed E-state index contributed by atoms with van der Waals surface area (Å²) in [7, 11) is 2.14. The molecule has 1 amide bonds. The Morgan fingerprint density at radius 2 is 2.36 bits per heavy atom. The molecule has 0 unspecified atom stereocenters. The number of amides is 1. The van der Waals surface area contributed by atoms with Crippen LogP contribution in [-0.2, 0) is 4.79 Å². The largest absolute Gasteiger partial charge is 0.355 e. The molecule has 0 aliphatic carbocycles. The topological polar surface area (TPSA) is 44.4 Å².